The molecule has 1 heterocycles. The second-order valence-electron chi connectivity index (χ2n) is 4.59. The van der Waals surface area contributed by atoms with E-state index in [4.69, 9.17) is 16.3 Å². The van der Waals surface area contributed by atoms with Gasteiger partial charge in [0.1, 0.15) is 5.82 Å². The number of halogens is 2. The Morgan fingerprint density at radius 1 is 1.56 bits per heavy atom. The lowest BCUT2D eigenvalue weighted by Crippen LogP contribution is -2.44. The van der Waals surface area contributed by atoms with Crippen molar-refractivity contribution in [3.63, 3.8) is 0 Å². The van der Waals surface area contributed by atoms with Gasteiger partial charge in [-0.1, -0.05) is 17.7 Å². The molecule has 0 amide bonds. The zero-order chi connectivity index (χ0) is 13.0. The van der Waals surface area contributed by atoms with Crippen molar-refractivity contribution in [1.82, 2.24) is 10.2 Å². The van der Waals surface area contributed by atoms with E-state index in [-0.39, 0.29) is 11.9 Å². The zero-order valence-corrected chi connectivity index (χ0v) is 11.2. The smallest absolute Gasteiger partial charge is 0.129 e. The van der Waals surface area contributed by atoms with Gasteiger partial charge in [-0.05, 0) is 19.2 Å². The number of benzene rings is 1. The molecule has 2 rings (SSSR count). The molecular formula is C13H18ClFN2O. The fourth-order valence-electron chi connectivity index (χ4n) is 2.10. The first-order valence-corrected chi connectivity index (χ1v) is 6.48. The Bertz CT molecular complexity index is 376. The van der Waals surface area contributed by atoms with Crippen LogP contribution in [0.1, 0.15) is 5.56 Å². The van der Waals surface area contributed by atoms with Crippen LogP contribution >= 0.6 is 11.6 Å². The minimum Gasteiger partial charge on any atom is -0.374 e. The van der Waals surface area contributed by atoms with Crippen molar-refractivity contribution in [3.05, 3.63) is 34.6 Å². The Morgan fingerprint density at radius 3 is 3.06 bits per heavy atom. The van der Waals surface area contributed by atoms with Crippen molar-refractivity contribution in [2.75, 3.05) is 33.3 Å². The summed E-state index contributed by atoms with van der Waals surface area (Å²) in [6, 6.07) is 4.77. The maximum atomic E-state index is 13.6. The molecule has 18 heavy (non-hydrogen) atoms. The molecule has 0 saturated carbocycles. The molecule has 0 bridgehead atoms. The van der Waals surface area contributed by atoms with E-state index >= 15 is 0 Å². The maximum Gasteiger partial charge on any atom is 0.129 e. The fraction of sp³-hybridized carbons (Fsp3) is 0.538. The molecule has 1 saturated heterocycles. The number of rotatable bonds is 4. The lowest BCUT2D eigenvalue weighted by molar-refractivity contribution is 0.00871. The van der Waals surface area contributed by atoms with Gasteiger partial charge in [-0.25, -0.2) is 4.39 Å². The van der Waals surface area contributed by atoms with Crippen molar-refractivity contribution >= 4 is 11.6 Å². The molecule has 0 aliphatic carbocycles. The number of ether oxygens (including phenoxy) is 1. The minimum absolute atomic E-state index is 0.161. The van der Waals surface area contributed by atoms with Gasteiger partial charge < -0.3 is 10.1 Å². The number of likely N-dealkylation sites (N-methyl/N-ethyl adjacent to an activating group) is 1. The fourth-order valence-corrected chi connectivity index (χ4v) is 2.33. The first-order chi connectivity index (χ1) is 8.66. The standard InChI is InChI=1S/C13H18ClFN2O/c1-17(8-10-7-16-5-6-18-10)9-11-12(14)3-2-4-13(11)15/h2-4,10,16H,5-9H2,1H3. The highest BCUT2D eigenvalue weighted by Gasteiger charge is 2.17. The first kappa shape index (κ1) is 13.7. The quantitative estimate of drug-likeness (QED) is 0.906. The highest BCUT2D eigenvalue weighted by atomic mass is 35.5. The summed E-state index contributed by atoms with van der Waals surface area (Å²) in [7, 11) is 1.95. The third-order valence-electron chi connectivity index (χ3n) is 3.01. The van der Waals surface area contributed by atoms with Crippen molar-refractivity contribution in [3.8, 4) is 0 Å². The van der Waals surface area contributed by atoms with Crippen LogP contribution < -0.4 is 5.32 Å². The van der Waals surface area contributed by atoms with E-state index in [1.807, 2.05) is 11.9 Å². The molecule has 1 aliphatic rings. The van der Waals surface area contributed by atoms with E-state index in [0.717, 1.165) is 26.2 Å². The highest BCUT2D eigenvalue weighted by Crippen LogP contribution is 2.20. The summed E-state index contributed by atoms with van der Waals surface area (Å²) >= 11 is 6.01. The van der Waals surface area contributed by atoms with Crippen LogP contribution in [-0.4, -0.2) is 44.3 Å². The molecule has 1 fully saturated rings. The average Bonchev–Trinajstić information content (AvgIpc) is 2.35. The van der Waals surface area contributed by atoms with E-state index in [0.29, 0.717) is 17.1 Å². The van der Waals surface area contributed by atoms with Gasteiger partial charge in [0.2, 0.25) is 0 Å². The highest BCUT2D eigenvalue weighted by molar-refractivity contribution is 6.31. The Morgan fingerprint density at radius 2 is 2.39 bits per heavy atom. The summed E-state index contributed by atoms with van der Waals surface area (Å²) in [6.45, 7) is 3.73. The topological polar surface area (TPSA) is 24.5 Å². The van der Waals surface area contributed by atoms with Crippen LogP contribution in [-0.2, 0) is 11.3 Å². The third kappa shape index (κ3) is 3.65. The van der Waals surface area contributed by atoms with Gasteiger partial charge >= 0.3 is 0 Å². The molecule has 1 atom stereocenters. The molecule has 0 spiro atoms. The number of nitrogens with zero attached hydrogens (tertiary/aromatic N) is 1. The van der Waals surface area contributed by atoms with Crippen LogP contribution in [0.5, 0.6) is 0 Å². The van der Waals surface area contributed by atoms with Crippen molar-refractivity contribution in [2.24, 2.45) is 0 Å². The van der Waals surface area contributed by atoms with Crippen molar-refractivity contribution in [1.29, 1.82) is 0 Å². The lowest BCUT2D eigenvalue weighted by Gasteiger charge is -2.28. The van der Waals surface area contributed by atoms with Gasteiger partial charge in [-0.15, -0.1) is 0 Å². The van der Waals surface area contributed by atoms with Crippen LogP contribution in [0.4, 0.5) is 4.39 Å². The number of morpholine rings is 1. The van der Waals surface area contributed by atoms with Gasteiger partial charge in [-0.2, -0.15) is 0 Å². The molecule has 0 aromatic heterocycles. The molecule has 0 radical (unpaired) electrons. The van der Waals surface area contributed by atoms with Crippen LogP contribution in [0.25, 0.3) is 0 Å². The molecule has 5 heteroatoms. The summed E-state index contributed by atoms with van der Waals surface area (Å²) < 4.78 is 19.3. The predicted octanol–water partition coefficient (Wildman–Crippen LogP) is 1.90. The molecule has 1 aliphatic heterocycles. The van der Waals surface area contributed by atoms with Crippen molar-refractivity contribution < 1.29 is 9.13 Å². The Labute approximate surface area is 112 Å². The molecule has 1 unspecified atom stereocenters. The van der Waals surface area contributed by atoms with Gasteiger partial charge in [0, 0.05) is 36.8 Å². The monoisotopic (exact) mass is 272 g/mol. The molecule has 1 N–H and O–H groups in total. The van der Waals surface area contributed by atoms with E-state index in [1.165, 1.54) is 6.07 Å². The molecule has 3 nitrogen and oxygen atoms in total. The van der Waals surface area contributed by atoms with Gasteiger partial charge in [0.05, 0.1) is 12.7 Å². The summed E-state index contributed by atoms with van der Waals surface area (Å²) in [4.78, 5) is 2.03. The maximum absolute atomic E-state index is 13.6. The second-order valence-corrected chi connectivity index (χ2v) is 5.00. The average molecular weight is 273 g/mol. The number of hydrogen-bond acceptors (Lipinski definition) is 3. The Kier molecular flexibility index (Phi) is 4.95. The number of nitrogens with one attached hydrogen (secondary N) is 1. The summed E-state index contributed by atoms with van der Waals surface area (Å²) in [5.74, 6) is -0.253. The third-order valence-corrected chi connectivity index (χ3v) is 3.36. The minimum atomic E-state index is -0.253. The summed E-state index contributed by atoms with van der Waals surface area (Å²) in [5, 5.41) is 3.75. The molecule has 100 valence electrons. The van der Waals surface area contributed by atoms with E-state index < -0.39 is 0 Å². The second kappa shape index (κ2) is 6.48. The number of hydrogen-bond donors (Lipinski definition) is 1. The largest absolute Gasteiger partial charge is 0.374 e. The zero-order valence-electron chi connectivity index (χ0n) is 10.5. The van der Waals surface area contributed by atoms with Crippen LogP contribution in [0.2, 0.25) is 5.02 Å². The Hall–Kier alpha value is -0.680. The lowest BCUT2D eigenvalue weighted by atomic mass is 10.2. The normalized spacial score (nSPS) is 20.3. The molecule has 1 aromatic rings. The van der Waals surface area contributed by atoms with Crippen LogP contribution in [0, 0.1) is 5.82 Å². The van der Waals surface area contributed by atoms with Crippen LogP contribution in [0.3, 0.4) is 0 Å². The van der Waals surface area contributed by atoms with Crippen molar-refractivity contribution in [2.45, 2.75) is 12.6 Å². The first-order valence-electron chi connectivity index (χ1n) is 6.10. The van der Waals surface area contributed by atoms with Crippen LogP contribution in [0.15, 0.2) is 18.2 Å². The molecular weight excluding hydrogens is 255 g/mol. The van der Waals surface area contributed by atoms with Gasteiger partial charge in [-0.3, -0.25) is 4.90 Å². The van der Waals surface area contributed by atoms with E-state index in [2.05, 4.69) is 5.32 Å². The predicted molar refractivity (Wildman–Crippen MR) is 70.4 cm³/mol. The Balaban J connectivity index is 1.92. The SMILES string of the molecule is CN(Cc1c(F)cccc1Cl)CC1CNCCO1. The van der Waals surface area contributed by atoms with Gasteiger partial charge in [0.15, 0.2) is 0 Å². The summed E-state index contributed by atoms with van der Waals surface area (Å²) in [6.07, 6.45) is 0.161. The molecule has 1 aromatic carbocycles. The summed E-state index contributed by atoms with van der Waals surface area (Å²) in [5.41, 5.74) is 0.547. The van der Waals surface area contributed by atoms with E-state index in [9.17, 15) is 4.39 Å². The van der Waals surface area contributed by atoms with Gasteiger partial charge in [0.25, 0.3) is 0 Å². The van der Waals surface area contributed by atoms with E-state index in [1.54, 1.807) is 12.1 Å².